The van der Waals surface area contributed by atoms with Gasteiger partial charge in [0.05, 0.1) is 6.54 Å². The number of benzene rings is 1. The molecule has 20 heavy (non-hydrogen) atoms. The number of aryl methyl sites for hydroxylation is 2. The quantitative estimate of drug-likeness (QED) is 0.819. The number of hydrogen-bond donors (Lipinski definition) is 2. The number of anilines is 1. The summed E-state index contributed by atoms with van der Waals surface area (Å²) in [7, 11) is 0. The molecule has 1 rings (SSSR count). The second kappa shape index (κ2) is 7.85. The van der Waals surface area contributed by atoms with Gasteiger partial charge in [-0.25, -0.2) is 0 Å². The van der Waals surface area contributed by atoms with E-state index in [0.29, 0.717) is 18.2 Å². The zero-order valence-corrected chi connectivity index (χ0v) is 13.4. The van der Waals surface area contributed by atoms with Crippen LogP contribution in [0.1, 0.15) is 25.0 Å². The van der Waals surface area contributed by atoms with Gasteiger partial charge in [0.1, 0.15) is 0 Å². The Labute approximate surface area is 126 Å². The molecule has 0 spiro atoms. The molecular formula is C15H23N3OS. The first-order valence-electron chi connectivity index (χ1n) is 6.87. The molecule has 1 aromatic carbocycles. The summed E-state index contributed by atoms with van der Waals surface area (Å²) in [6, 6.07) is 6.19. The molecule has 0 saturated carbocycles. The van der Waals surface area contributed by atoms with Gasteiger partial charge >= 0.3 is 0 Å². The fraction of sp³-hybridized carbons (Fsp3) is 0.467. The van der Waals surface area contributed by atoms with E-state index in [-0.39, 0.29) is 12.5 Å². The van der Waals surface area contributed by atoms with Gasteiger partial charge in [-0.15, -0.1) is 0 Å². The standard InChI is InChI=1S/C15H23N3OS/c1-5-16-14(19)10-18(6-2)15(20)17-13-8-11(3)7-12(4)9-13/h7-9H,5-6,10H2,1-4H3,(H,16,19)(H,17,20). The minimum Gasteiger partial charge on any atom is -0.355 e. The van der Waals surface area contributed by atoms with Gasteiger partial charge in [0.2, 0.25) is 5.91 Å². The van der Waals surface area contributed by atoms with Crippen LogP contribution in [0.25, 0.3) is 0 Å². The van der Waals surface area contributed by atoms with Crippen molar-refractivity contribution in [1.82, 2.24) is 10.2 Å². The van der Waals surface area contributed by atoms with Gasteiger partial charge in [0.15, 0.2) is 5.11 Å². The summed E-state index contributed by atoms with van der Waals surface area (Å²) < 4.78 is 0. The summed E-state index contributed by atoms with van der Waals surface area (Å²) in [6.45, 7) is 9.58. The molecule has 0 aliphatic rings. The Kier molecular flexibility index (Phi) is 6.45. The van der Waals surface area contributed by atoms with Crippen molar-refractivity contribution in [2.24, 2.45) is 0 Å². The van der Waals surface area contributed by atoms with Crippen molar-refractivity contribution >= 4 is 28.9 Å². The molecule has 0 aliphatic carbocycles. The van der Waals surface area contributed by atoms with Gasteiger partial charge < -0.3 is 15.5 Å². The zero-order chi connectivity index (χ0) is 15.1. The Morgan fingerprint density at radius 3 is 2.30 bits per heavy atom. The summed E-state index contributed by atoms with van der Waals surface area (Å²) in [6.07, 6.45) is 0. The van der Waals surface area contributed by atoms with E-state index in [1.54, 1.807) is 0 Å². The molecule has 2 N–H and O–H groups in total. The van der Waals surface area contributed by atoms with Crippen LogP contribution >= 0.6 is 12.2 Å². The Morgan fingerprint density at radius 1 is 1.20 bits per heavy atom. The van der Waals surface area contributed by atoms with Crippen molar-refractivity contribution in [3.05, 3.63) is 29.3 Å². The van der Waals surface area contributed by atoms with E-state index in [1.807, 2.05) is 44.7 Å². The second-order valence-electron chi connectivity index (χ2n) is 4.77. The fourth-order valence-corrected chi connectivity index (χ4v) is 2.31. The molecule has 0 radical (unpaired) electrons. The molecule has 1 amide bonds. The van der Waals surface area contributed by atoms with Crippen LogP contribution in [0.5, 0.6) is 0 Å². The number of thiocarbonyl (C=S) groups is 1. The number of amides is 1. The van der Waals surface area contributed by atoms with Gasteiger partial charge in [-0.2, -0.15) is 0 Å². The molecule has 0 atom stereocenters. The molecule has 1 aromatic rings. The van der Waals surface area contributed by atoms with E-state index in [9.17, 15) is 4.79 Å². The molecule has 0 unspecified atom stereocenters. The largest absolute Gasteiger partial charge is 0.355 e. The molecule has 110 valence electrons. The van der Waals surface area contributed by atoms with Crippen LogP contribution in [0.4, 0.5) is 5.69 Å². The molecule has 0 heterocycles. The normalized spacial score (nSPS) is 10.0. The third-order valence-electron chi connectivity index (χ3n) is 2.85. The van der Waals surface area contributed by atoms with Gasteiger partial charge in [-0.1, -0.05) is 6.07 Å². The van der Waals surface area contributed by atoms with Gasteiger partial charge in [0, 0.05) is 18.8 Å². The molecule has 5 heteroatoms. The molecule has 0 fully saturated rings. The highest BCUT2D eigenvalue weighted by atomic mass is 32.1. The van der Waals surface area contributed by atoms with Crippen LogP contribution in [0, 0.1) is 13.8 Å². The maximum absolute atomic E-state index is 11.6. The van der Waals surface area contributed by atoms with Crippen molar-refractivity contribution < 1.29 is 4.79 Å². The molecule has 0 bridgehead atoms. The summed E-state index contributed by atoms with van der Waals surface area (Å²) in [5, 5.41) is 6.55. The lowest BCUT2D eigenvalue weighted by Gasteiger charge is -2.24. The minimum atomic E-state index is -0.0149. The van der Waals surface area contributed by atoms with Crippen LogP contribution in [-0.4, -0.2) is 35.6 Å². The maximum Gasteiger partial charge on any atom is 0.239 e. The van der Waals surface area contributed by atoms with Gasteiger partial charge in [-0.3, -0.25) is 4.79 Å². The lowest BCUT2D eigenvalue weighted by atomic mass is 10.1. The molecule has 0 aromatic heterocycles. The van der Waals surface area contributed by atoms with Gasteiger partial charge in [-0.05, 0) is 63.2 Å². The number of carbonyl (C=O) groups is 1. The van der Waals surface area contributed by atoms with Crippen LogP contribution in [0.15, 0.2) is 18.2 Å². The first kappa shape index (κ1) is 16.4. The number of hydrogen-bond acceptors (Lipinski definition) is 2. The highest BCUT2D eigenvalue weighted by Gasteiger charge is 2.12. The summed E-state index contributed by atoms with van der Waals surface area (Å²) in [5.41, 5.74) is 3.32. The predicted molar refractivity (Wildman–Crippen MR) is 88.1 cm³/mol. The molecule has 4 nitrogen and oxygen atoms in total. The van der Waals surface area contributed by atoms with Crippen molar-refractivity contribution in [2.75, 3.05) is 25.0 Å². The Balaban J connectivity index is 2.69. The van der Waals surface area contributed by atoms with E-state index < -0.39 is 0 Å². The van der Waals surface area contributed by atoms with Crippen molar-refractivity contribution in [1.29, 1.82) is 0 Å². The third kappa shape index (κ3) is 5.17. The topological polar surface area (TPSA) is 44.4 Å². The molecular weight excluding hydrogens is 270 g/mol. The van der Waals surface area contributed by atoms with E-state index in [0.717, 1.165) is 5.69 Å². The lowest BCUT2D eigenvalue weighted by Crippen LogP contribution is -2.42. The first-order valence-corrected chi connectivity index (χ1v) is 7.28. The Bertz CT molecular complexity index is 468. The monoisotopic (exact) mass is 293 g/mol. The predicted octanol–water partition coefficient (Wildman–Crippen LogP) is 2.46. The summed E-state index contributed by atoms with van der Waals surface area (Å²) in [5.74, 6) is -0.0149. The van der Waals surface area contributed by atoms with Gasteiger partial charge in [0.25, 0.3) is 0 Å². The minimum absolute atomic E-state index is 0.0149. The second-order valence-corrected chi connectivity index (χ2v) is 5.16. The molecule has 0 saturated heterocycles. The number of carbonyl (C=O) groups excluding carboxylic acids is 1. The average molecular weight is 293 g/mol. The van der Waals surface area contributed by atoms with Crippen molar-refractivity contribution in [3.63, 3.8) is 0 Å². The number of rotatable bonds is 5. The Morgan fingerprint density at radius 2 is 1.80 bits per heavy atom. The highest BCUT2D eigenvalue weighted by Crippen LogP contribution is 2.14. The van der Waals surface area contributed by atoms with Crippen LogP contribution in [0.3, 0.4) is 0 Å². The van der Waals surface area contributed by atoms with E-state index >= 15 is 0 Å². The van der Waals surface area contributed by atoms with E-state index in [1.165, 1.54) is 11.1 Å². The Hall–Kier alpha value is -1.62. The molecule has 0 aliphatic heterocycles. The maximum atomic E-state index is 11.6. The first-order chi connectivity index (χ1) is 9.46. The van der Waals surface area contributed by atoms with E-state index in [2.05, 4.69) is 16.7 Å². The summed E-state index contributed by atoms with van der Waals surface area (Å²) in [4.78, 5) is 13.5. The van der Waals surface area contributed by atoms with Crippen molar-refractivity contribution in [3.8, 4) is 0 Å². The van der Waals surface area contributed by atoms with Crippen LogP contribution < -0.4 is 10.6 Å². The smallest absolute Gasteiger partial charge is 0.239 e. The number of nitrogens with one attached hydrogen (secondary N) is 2. The third-order valence-corrected chi connectivity index (χ3v) is 3.21. The van der Waals surface area contributed by atoms with E-state index in [4.69, 9.17) is 12.2 Å². The highest BCUT2D eigenvalue weighted by molar-refractivity contribution is 7.80. The number of nitrogens with zero attached hydrogens (tertiary/aromatic N) is 1. The fourth-order valence-electron chi connectivity index (χ4n) is 2.00. The van der Waals surface area contributed by atoms with Crippen LogP contribution in [-0.2, 0) is 4.79 Å². The number of likely N-dealkylation sites (N-methyl/N-ethyl adjacent to an activating group) is 2. The zero-order valence-electron chi connectivity index (χ0n) is 12.6. The summed E-state index contributed by atoms with van der Waals surface area (Å²) >= 11 is 5.38. The van der Waals surface area contributed by atoms with Crippen molar-refractivity contribution in [2.45, 2.75) is 27.7 Å². The lowest BCUT2D eigenvalue weighted by molar-refractivity contribution is -0.121. The average Bonchev–Trinajstić information content (AvgIpc) is 2.34. The SMILES string of the molecule is CCNC(=O)CN(CC)C(=S)Nc1cc(C)cc(C)c1. The van der Waals surface area contributed by atoms with Crippen LogP contribution in [0.2, 0.25) is 0 Å².